The van der Waals surface area contributed by atoms with E-state index in [1.165, 1.54) is 4.57 Å². The lowest BCUT2D eigenvalue weighted by Gasteiger charge is -2.23. The van der Waals surface area contributed by atoms with Crippen molar-refractivity contribution in [2.24, 2.45) is 0 Å². The molecule has 0 saturated carbocycles. The zero-order chi connectivity index (χ0) is 14.2. The second kappa shape index (κ2) is 3.96. The van der Waals surface area contributed by atoms with E-state index in [0.29, 0.717) is 0 Å². The highest BCUT2D eigenvalue weighted by Gasteiger charge is 2.32. The predicted molar refractivity (Wildman–Crippen MR) is 54.9 cm³/mol. The van der Waals surface area contributed by atoms with Gasteiger partial charge in [-0.3, -0.25) is 0 Å². The normalized spacial score (nSPS) is 22.8. The smallest absolute Gasteiger partial charge is 0.402 e. The van der Waals surface area contributed by atoms with Crippen LogP contribution in [0.3, 0.4) is 0 Å². The molecule has 0 aromatic carbocycles. The highest BCUT2D eigenvalue weighted by atomic mass is 16.5. The van der Waals surface area contributed by atoms with Crippen LogP contribution in [0.5, 0.6) is 0 Å². The minimum absolute atomic E-state index is 0.0296. The number of fused-ring (bicyclic) bond motifs is 1. The third kappa shape index (κ3) is 1.56. The first-order chi connectivity index (χ1) is 8.79. The average Bonchev–Trinajstić information content (AvgIpc) is 2.26. The number of carbonyl (C=O) groups is 1. The van der Waals surface area contributed by atoms with Crippen molar-refractivity contribution in [2.45, 2.75) is 19.3 Å². The molecule has 4 nitrogen and oxygen atoms in total. The molecule has 16 heavy (non-hydrogen) atoms. The van der Waals surface area contributed by atoms with Crippen molar-refractivity contribution < 1.29 is 23.3 Å². The van der Waals surface area contributed by atoms with Crippen LogP contribution in [0.4, 0.5) is 0 Å². The molecule has 0 fully saturated rings. The number of hydrogen-bond donors (Lipinski definition) is 0. The maximum atomic E-state index is 12.0. The molecule has 84 valence electrons. The zero-order valence-electron chi connectivity index (χ0n) is 11.8. The van der Waals surface area contributed by atoms with Crippen molar-refractivity contribution in [1.82, 2.24) is 0 Å². The van der Waals surface area contributed by atoms with Gasteiger partial charge in [0.1, 0.15) is 0 Å². The molecule has 4 heteroatoms. The topological polar surface area (TPSA) is 53.2 Å². The minimum atomic E-state index is -2.86. The molecular weight excluding hydrogens is 206 g/mol. The molecule has 1 unspecified atom stereocenters. The lowest BCUT2D eigenvalue weighted by atomic mass is 9.96. The van der Waals surface area contributed by atoms with Crippen molar-refractivity contribution in [3.8, 4) is 0 Å². The number of rotatable bonds is 1. The van der Waals surface area contributed by atoms with Gasteiger partial charge in [-0.15, -0.1) is 0 Å². The van der Waals surface area contributed by atoms with Crippen molar-refractivity contribution in [3.05, 3.63) is 35.8 Å². The van der Waals surface area contributed by atoms with Crippen LogP contribution in [0.1, 0.15) is 29.1 Å². The molecule has 0 N–H and O–H groups in total. The lowest BCUT2D eigenvalue weighted by molar-refractivity contribution is -0.597. The summed E-state index contributed by atoms with van der Waals surface area (Å²) in [5.74, 6) is -1.56. The fourth-order valence-corrected chi connectivity index (χ4v) is 1.94. The van der Waals surface area contributed by atoms with Crippen LogP contribution in [-0.4, -0.2) is 13.0 Å². The SMILES string of the molecule is [2H]C([2H])([2H])OC(=O)C1=C([O-])CC(C)c2cccc[n+]21. The van der Waals surface area contributed by atoms with E-state index in [1.807, 2.05) is 6.92 Å². The molecule has 0 radical (unpaired) electrons. The van der Waals surface area contributed by atoms with Gasteiger partial charge in [-0.1, -0.05) is 13.0 Å². The molecule has 0 bridgehead atoms. The van der Waals surface area contributed by atoms with E-state index >= 15 is 0 Å². The van der Waals surface area contributed by atoms with E-state index in [4.69, 9.17) is 4.11 Å². The first-order valence-corrected chi connectivity index (χ1v) is 4.94. The standard InChI is InChI=1S/C12H13NO3/c1-8-7-10(14)11(12(15)16-2)13-6-4-3-5-9(8)13/h3-6,8H,7H2,1-2H3/i2D3. The van der Waals surface area contributed by atoms with Gasteiger partial charge in [0.15, 0.2) is 11.9 Å². The van der Waals surface area contributed by atoms with Gasteiger partial charge in [0.05, 0.1) is 11.2 Å². The Morgan fingerprint density at radius 2 is 2.50 bits per heavy atom. The van der Waals surface area contributed by atoms with Gasteiger partial charge < -0.3 is 9.84 Å². The van der Waals surface area contributed by atoms with E-state index in [9.17, 15) is 9.90 Å². The van der Waals surface area contributed by atoms with E-state index < -0.39 is 18.8 Å². The van der Waals surface area contributed by atoms with Crippen molar-refractivity contribution in [3.63, 3.8) is 0 Å². The van der Waals surface area contributed by atoms with Gasteiger partial charge >= 0.3 is 5.97 Å². The van der Waals surface area contributed by atoms with E-state index in [2.05, 4.69) is 4.74 Å². The summed E-state index contributed by atoms with van der Waals surface area (Å²) in [4.78, 5) is 11.8. The van der Waals surface area contributed by atoms with Crippen molar-refractivity contribution in [2.75, 3.05) is 7.04 Å². The number of pyridine rings is 1. The number of aromatic nitrogens is 1. The Balaban J connectivity index is 2.44. The third-order valence-electron chi connectivity index (χ3n) is 2.68. The quantitative estimate of drug-likeness (QED) is 0.503. The number of methoxy groups -OCH3 is 1. The summed E-state index contributed by atoms with van der Waals surface area (Å²) in [6.45, 7) is 1.87. The van der Waals surface area contributed by atoms with Crippen LogP contribution in [-0.2, 0) is 9.53 Å². The maximum Gasteiger partial charge on any atom is 0.402 e. The molecule has 1 aliphatic rings. The summed E-state index contributed by atoms with van der Waals surface area (Å²) in [5.41, 5.74) is 0.532. The van der Waals surface area contributed by atoms with Gasteiger partial charge in [-0.05, 0) is 12.2 Å². The Kier molecular flexibility index (Phi) is 1.84. The maximum absolute atomic E-state index is 12.0. The summed E-state index contributed by atoms with van der Waals surface area (Å²) >= 11 is 0. The van der Waals surface area contributed by atoms with E-state index in [1.54, 1.807) is 24.4 Å². The lowest BCUT2D eigenvalue weighted by Crippen LogP contribution is -2.46. The number of carbonyl (C=O) groups excluding carboxylic acids is 1. The second-order valence-corrected chi connectivity index (χ2v) is 3.76. The Labute approximate surface area is 98.0 Å². The highest BCUT2D eigenvalue weighted by Crippen LogP contribution is 2.25. The van der Waals surface area contributed by atoms with Gasteiger partial charge in [-0.2, -0.15) is 4.57 Å². The summed E-state index contributed by atoms with van der Waals surface area (Å²) in [6, 6.07) is 5.25. The van der Waals surface area contributed by atoms with Gasteiger partial charge in [0.25, 0.3) is 5.70 Å². The van der Waals surface area contributed by atoms with E-state index in [-0.39, 0.29) is 18.0 Å². The number of allylic oxidation sites excluding steroid dienone is 1. The number of hydrogen-bond acceptors (Lipinski definition) is 3. The van der Waals surface area contributed by atoms with Gasteiger partial charge in [-0.25, -0.2) is 4.79 Å². The largest absolute Gasteiger partial charge is 0.871 e. The molecule has 2 rings (SSSR count). The summed E-state index contributed by atoms with van der Waals surface area (Å²) in [7, 11) is -2.86. The molecule has 0 spiro atoms. The molecule has 0 aliphatic carbocycles. The van der Waals surface area contributed by atoms with Crippen LogP contribution in [0, 0.1) is 0 Å². The summed E-state index contributed by atoms with van der Waals surface area (Å²) in [5, 5.41) is 12.0. The molecule has 1 aromatic rings. The van der Waals surface area contributed by atoms with Crippen LogP contribution >= 0.6 is 0 Å². The highest BCUT2D eigenvalue weighted by molar-refractivity contribution is 6.06. The molecule has 0 saturated heterocycles. The van der Waals surface area contributed by atoms with Gasteiger partial charge in [0.2, 0.25) is 0 Å². The predicted octanol–water partition coefficient (Wildman–Crippen LogP) is 0.183. The zero-order valence-corrected chi connectivity index (χ0v) is 8.77. The fourth-order valence-electron chi connectivity index (χ4n) is 1.94. The van der Waals surface area contributed by atoms with Crippen LogP contribution < -0.4 is 9.67 Å². The van der Waals surface area contributed by atoms with Crippen molar-refractivity contribution >= 4 is 11.7 Å². The molecule has 1 aliphatic heterocycles. The Bertz CT molecular complexity index is 551. The van der Waals surface area contributed by atoms with Gasteiger partial charge in [0, 0.05) is 18.1 Å². The van der Waals surface area contributed by atoms with Crippen LogP contribution in [0.25, 0.3) is 5.70 Å². The van der Waals surface area contributed by atoms with Crippen molar-refractivity contribution in [1.29, 1.82) is 0 Å². The van der Waals surface area contributed by atoms with Crippen LogP contribution in [0.2, 0.25) is 0 Å². The Morgan fingerprint density at radius 1 is 1.69 bits per heavy atom. The monoisotopic (exact) mass is 222 g/mol. The molecule has 0 amide bonds. The minimum Gasteiger partial charge on any atom is -0.871 e. The molecule has 1 aromatic heterocycles. The Hall–Kier alpha value is -1.84. The molecule has 2 heterocycles. The molecule has 1 atom stereocenters. The third-order valence-corrected chi connectivity index (χ3v) is 2.68. The second-order valence-electron chi connectivity index (χ2n) is 3.76. The average molecular weight is 222 g/mol. The number of ether oxygens (including phenoxy) is 1. The number of esters is 1. The van der Waals surface area contributed by atoms with Crippen LogP contribution in [0.15, 0.2) is 30.2 Å². The fraction of sp³-hybridized carbons (Fsp3) is 0.333. The first kappa shape index (κ1) is 7.44. The molecular formula is C12H13NO3. The summed E-state index contributed by atoms with van der Waals surface area (Å²) in [6.07, 6.45) is 1.72. The Morgan fingerprint density at radius 3 is 3.25 bits per heavy atom. The number of nitrogens with zero attached hydrogens (tertiary/aromatic N) is 1. The van der Waals surface area contributed by atoms with E-state index in [0.717, 1.165) is 5.69 Å². The summed E-state index contributed by atoms with van der Waals surface area (Å²) < 4.78 is 26.5. The first-order valence-electron chi connectivity index (χ1n) is 6.44.